The monoisotopic (exact) mass is 130 g/mol. The second-order valence-corrected chi connectivity index (χ2v) is 2.90. The van der Waals surface area contributed by atoms with Crippen molar-refractivity contribution in [2.75, 3.05) is 6.61 Å². The van der Waals surface area contributed by atoms with E-state index in [9.17, 15) is 0 Å². The van der Waals surface area contributed by atoms with Crippen LogP contribution in [-0.4, -0.2) is 12.7 Å². The van der Waals surface area contributed by atoms with Gasteiger partial charge in [-0.15, -0.1) is 0 Å². The van der Waals surface area contributed by atoms with E-state index >= 15 is 0 Å². The Bertz CT molecular complexity index is 59.6. The minimum atomic E-state index is 0.388. The summed E-state index contributed by atoms with van der Waals surface area (Å²) < 4.78 is 5.39. The molecule has 0 saturated carbocycles. The fraction of sp³-hybridized carbons (Fsp3) is 1.00. The van der Waals surface area contributed by atoms with Crippen molar-refractivity contribution in [2.45, 2.75) is 40.2 Å². The largest absolute Gasteiger partial charge is 0.379 e. The minimum Gasteiger partial charge on any atom is -0.379 e. The molecular formula is C8H18O. The lowest BCUT2D eigenvalue weighted by Gasteiger charge is -2.11. The molecule has 1 nitrogen and oxygen atoms in total. The third kappa shape index (κ3) is 5.84. The Morgan fingerprint density at radius 2 is 1.78 bits per heavy atom. The fourth-order valence-electron chi connectivity index (χ4n) is 0.475. The van der Waals surface area contributed by atoms with Crippen molar-refractivity contribution in [3.05, 3.63) is 0 Å². The van der Waals surface area contributed by atoms with Crippen LogP contribution in [0.15, 0.2) is 0 Å². The second-order valence-electron chi connectivity index (χ2n) is 2.90. The average Bonchev–Trinajstić information content (AvgIpc) is 1.83. The highest BCUT2D eigenvalue weighted by atomic mass is 16.5. The molecule has 0 unspecified atom stereocenters. The molecule has 0 aromatic carbocycles. The molecule has 0 bridgehead atoms. The lowest BCUT2D eigenvalue weighted by Crippen LogP contribution is -2.09. The van der Waals surface area contributed by atoms with Crippen molar-refractivity contribution in [2.24, 2.45) is 5.92 Å². The summed E-state index contributed by atoms with van der Waals surface area (Å²) in [6, 6.07) is 0. The molecule has 0 amide bonds. The predicted molar refractivity (Wildman–Crippen MR) is 40.5 cm³/mol. The molecule has 0 aliphatic carbocycles. The molecule has 0 aromatic heterocycles. The molecule has 0 radical (unpaired) electrons. The van der Waals surface area contributed by atoms with Gasteiger partial charge in [-0.1, -0.05) is 20.3 Å². The molecule has 1 heteroatoms. The molecule has 0 saturated heterocycles. The van der Waals surface area contributed by atoms with Crippen molar-refractivity contribution in [1.82, 2.24) is 0 Å². The number of hydrogen-bond acceptors (Lipinski definition) is 1. The third-order valence-electron chi connectivity index (χ3n) is 1.41. The molecule has 0 heterocycles. The van der Waals surface area contributed by atoms with E-state index in [1.54, 1.807) is 0 Å². The predicted octanol–water partition coefficient (Wildman–Crippen LogP) is 2.46. The Balaban J connectivity index is 3.06. The van der Waals surface area contributed by atoms with E-state index in [1.807, 2.05) is 0 Å². The van der Waals surface area contributed by atoms with Gasteiger partial charge in [-0.25, -0.2) is 0 Å². The highest BCUT2D eigenvalue weighted by Gasteiger charge is 1.99. The quantitative estimate of drug-likeness (QED) is 0.568. The van der Waals surface area contributed by atoms with Gasteiger partial charge in [0.2, 0.25) is 0 Å². The zero-order valence-corrected chi connectivity index (χ0v) is 6.98. The van der Waals surface area contributed by atoms with Crippen LogP contribution >= 0.6 is 0 Å². The van der Waals surface area contributed by atoms with Crippen molar-refractivity contribution in [3.8, 4) is 0 Å². The van der Waals surface area contributed by atoms with E-state index in [-0.39, 0.29) is 0 Å². The molecule has 0 aliphatic rings. The van der Waals surface area contributed by atoms with E-state index in [1.165, 1.54) is 6.42 Å². The second kappa shape index (κ2) is 4.80. The lowest BCUT2D eigenvalue weighted by molar-refractivity contribution is 0.0545. The molecule has 1 atom stereocenters. The van der Waals surface area contributed by atoms with Crippen molar-refractivity contribution < 1.29 is 4.74 Å². The van der Waals surface area contributed by atoms with Gasteiger partial charge in [0.05, 0.1) is 6.10 Å². The first-order valence-corrected chi connectivity index (χ1v) is 3.78. The molecule has 0 N–H and O–H groups in total. The van der Waals surface area contributed by atoms with Gasteiger partial charge in [-0.3, -0.25) is 0 Å². The van der Waals surface area contributed by atoms with Crippen LogP contribution in [0.25, 0.3) is 0 Å². The van der Waals surface area contributed by atoms with Gasteiger partial charge in [-0.05, 0) is 19.8 Å². The maximum atomic E-state index is 5.39. The molecule has 0 spiro atoms. The molecular weight excluding hydrogens is 112 g/mol. The van der Waals surface area contributed by atoms with Crippen molar-refractivity contribution in [1.29, 1.82) is 0 Å². The van der Waals surface area contributed by atoms with Crippen LogP contribution < -0.4 is 0 Å². The van der Waals surface area contributed by atoms with Gasteiger partial charge in [0, 0.05) is 6.61 Å². The van der Waals surface area contributed by atoms with Crippen LogP contribution in [0, 0.1) is 5.92 Å². The summed E-state index contributed by atoms with van der Waals surface area (Å²) in [5, 5.41) is 0. The Morgan fingerprint density at radius 1 is 1.22 bits per heavy atom. The number of rotatable bonds is 4. The first-order chi connectivity index (χ1) is 4.16. The van der Waals surface area contributed by atoms with E-state index < -0.39 is 0 Å². The Morgan fingerprint density at radius 3 is 2.11 bits per heavy atom. The maximum Gasteiger partial charge on any atom is 0.0519 e. The van der Waals surface area contributed by atoms with Gasteiger partial charge >= 0.3 is 0 Å². The van der Waals surface area contributed by atoms with E-state index in [2.05, 4.69) is 27.7 Å². The van der Waals surface area contributed by atoms with Crippen LogP contribution in [0.1, 0.15) is 34.1 Å². The van der Waals surface area contributed by atoms with E-state index in [0.717, 1.165) is 6.61 Å². The molecule has 0 aliphatic heterocycles. The van der Waals surface area contributed by atoms with Crippen LogP contribution in [0.5, 0.6) is 0 Å². The topological polar surface area (TPSA) is 9.23 Å². The molecule has 0 rings (SSSR count). The van der Waals surface area contributed by atoms with Crippen LogP contribution in [0.3, 0.4) is 0 Å². The van der Waals surface area contributed by atoms with Gasteiger partial charge in [0.15, 0.2) is 0 Å². The van der Waals surface area contributed by atoms with Crippen LogP contribution in [0.2, 0.25) is 0 Å². The standard InChI is InChI=1S/C8H18O/c1-5-8(4)6-9-7(2)3/h7-8H,5-6H2,1-4H3/t8-/m0/s1. The van der Waals surface area contributed by atoms with Gasteiger partial charge in [0.25, 0.3) is 0 Å². The lowest BCUT2D eigenvalue weighted by atomic mass is 10.1. The summed E-state index contributed by atoms with van der Waals surface area (Å²) in [6.07, 6.45) is 1.60. The van der Waals surface area contributed by atoms with Gasteiger partial charge in [0.1, 0.15) is 0 Å². The zero-order valence-electron chi connectivity index (χ0n) is 6.98. The highest BCUT2D eigenvalue weighted by Crippen LogP contribution is 2.02. The van der Waals surface area contributed by atoms with E-state index in [4.69, 9.17) is 4.74 Å². The fourth-order valence-corrected chi connectivity index (χ4v) is 0.475. The van der Waals surface area contributed by atoms with Gasteiger partial charge in [-0.2, -0.15) is 0 Å². The molecule has 0 aromatic rings. The van der Waals surface area contributed by atoms with Crippen LogP contribution in [0.4, 0.5) is 0 Å². The Kier molecular flexibility index (Phi) is 4.78. The number of hydrogen-bond donors (Lipinski definition) is 0. The minimum absolute atomic E-state index is 0.388. The third-order valence-corrected chi connectivity index (χ3v) is 1.41. The van der Waals surface area contributed by atoms with E-state index in [0.29, 0.717) is 12.0 Å². The Labute approximate surface area is 58.4 Å². The molecule has 56 valence electrons. The average molecular weight is 130 g/mol. The van der Waals surface area contributed by atoms with Crippen LogP contribution in [-0.2, 0) is 4.74 Å². The zero-order chi connectivity index (χ0) is 7.28. The first kappa shape index (κ1) is 8.96. The smallest absolute Gasteiger partial charge is 0.0519 e. The van der Waals surface area contributed by atoms with Crippen molar-refractivity contribution >= 4 is 0 Å². The maximum absolute atomic E-state index is 5.39. The SMILES string of the molecule is CC[C@H](C)COC(C)C. The van der Waals surface area contributed by atoms with Gasteiger partial charge < -0.3 is 4.74 Å². The highest BCUT2D eigenvalue weighted by molar-refractivity contribution is 4.47. The summed E-state index contributed by atoms with van der Waals surface area (Å²) in [4.78, 5) is 0. The molecule has 0 fully saturated rings. The van der Waals surface area contributed by atoms with Crippen molar-refractivity contribution in [3.63, 3.8) is 0 Å². The normalized spacial score (nSPS) is 14.3. The summed E-state index contributed by atoms with van der Waals surface area (Å²) in [5.41, 5.74) is 0. The summed E-state index contributed by atoms with van der Waals surface area (Å²) in [7, 11) is 0. The number of ether oxygens (including phenoxy) is 1. The first-order valence-electron chi connectivity index (χ1n) is 3.78. The molecule has 9 heavy (non-hydrogen) atoms. The summed E-state index contributed by atoms with van der Waals surface area (Å²) in [5.74, 6) is 0.715. The summed E-state index contributed by atoms with van der Waals surface area (Å²) >= 11 is 0. The summed E-state index contributed by atoms with van der Waals surface area (Å²) in [6.45, 7) is 9.45. The Hall–Kier alpha value is -0.0400.